The average Bonchev–Trinajstić information content (AvgIpc) is 2.42. The zero-order valence-corrected chi connectivity index (χ0v) is 13.1. The quantitative estimate of drug-likeness (QED) is 0.894. The Kier molecular flexibility index (Phi) is 4.75. The van der Waals surface area contributed by atoms with Crippen molar-refractivity contribution < 1.29 is 0 Å². The Bertz CT molecular complexity index is 423. The molecule has 1 aromatic rings. The van der Waals surface area contributed by atoms with Crippen molar-refractivity contribution in [1.82, 2.24) is 5.32 Å². The molecule has 3 heteroatoms. The summed E-state index contributed by atoms with van der Waals surface area (Å²) in [5.74, 6) is 0. The minimum absolute atomic E-state index is 0.526. The molecular weight excluding hydrogens is 256 g/mol. The lowest BCUT2D eigenvalue weighted by molar-refractivity contribution is 0.238. The van der Waals surface area contributed by atoms with Gasteiger partial charge in [-0.25, -0.2) is 0 Å². The molecular formula is C16H25ClN2. The highest BCUT2D eigenvalue weighted by Gasteiger charge is 2.28. The molecule has 106 valence electrons. The topological polar surface area (TPSA) is 15.3 Å². The summed E-state index contributed by atoms with van der Waals surface area (Å²) in [5, 5.41) is 4.07. The van der Waals surface area contributed by atoms with Gasteiger partial charge in [0.15, 0.2) is 0 Å². The fourth-order valence-electron chi connectivity index (χ4n) is 2.81. The van der Waals surface area contributed by atoms with Gasteiger partial charge in [0, 0.05) is 30.3 Å². The maximum absolute atomic E-state index is 6.17. The summed E-state index contributed by atoms with van der Waals surface area (Å²) in [6.07, 6.45) is 3.82. The third kappa shape index (κ3) is 3.43. The summed E-state index contributed by atoms with van der Waals surface area (Å²) in [6, 6.07) is 6.24. The highest BCUT2D eigenvalue weighted by atomic mass is 35.5. The second-order valence-corrected chi connectivity index (χ2v) is 6.39. The van der Waals surface area contributed by atoms with Gasteiger partial charge < -0.3 is 10.2 Å². The number of nitrogens with one attached hydrogen (secondary N) is 1. The van der Waals surface area contributed by atoms with Crippen molar-refractivity contribution in [1.29, 1.82) is 0 Å². The molecule has 0 aliphatic carbocycles. The number of anilines is 1. The van der Waals surface area contributed by atoms with E-state index in [2.05, 4.69) is 36.2 Å². The molecule has 0 unspecified atom stereocenters. The van der Waals surface area contributed by atoms with Crippen LogP contribution in [0, 0.1) is 5.41 Å². The molecule has 0 radical (unpaired) electrons. The van der Waals surface area contributed by atoms with Crippen molar-refractivity contribution in [2.24, 2.45) is 5.41 Å². The highest BCUT2D eigenvalue weighted by molar-refractivity contribution is 6.30. The molecule has 2 nitrogen and oxygen atoms in total. The van der Waals surface area contributed by atoms with Crippen LogP contribution in [0.4, 0.5) is 5.69 Å². The van der Waals surface area contributed by atoms with Gasteiger partial charge in [-0.2, -0.15) is 0 Å². The number of rotatable bonds is 4. The summed E-state index contributed by atoms with van der Waals surface area (Å²) < 4.78 is 0. The van der Waals surface area contributed by atoms with E-state index in [0.717, 1.165) is 24.7 Å². The van der Waals surface area contributed by atoms with Gasteiger partial charge in [-0.1, -0.05) is 37.9 Å². The summed E-state index contributed by atoms with van der Waals surface area (Å²) in [4.78, 5) is 2.50. The van der Waals surface area contributed by atoms with Gasteiger partial charge in [0.2, 0.25) is 0 Å². The standard InChI is InChI=1S/C16H25ClN2/c1-4-16(2)7-9-19(10-8-16)15-11-14(17)6-5-13(15)12-18-3/h5-6,11,18H,4,7-10,12H2,1-3H3. The highest BCUT2D eigenvalue weighted by Crippen LogP contribution is 2.37. The summed E-state index contributed by atoms with van der Waals surface area (Å²) in [7, 11) is 1.99. The van der Waals surface area contributed by atoms with Crippen LogP contribution in [0.25, 0.3) is 0 Å². The molecule has 19 heavy (non-hydrogen) atoms. The van der Waals surface area contributed by atoms with E-state index in [0.29, 0.717) is 5.41 Å². The van der Waals surface area contributed by atoms with Crippen LogP contribution in [0.15, 0.2) is 18.2 Å². The molecule has 1 aromatic carbocycles. The van der Waals surface area contributed by atoms with Crippen LogP contribution in [-0.2, 0) is 6.54 Å². The maximum Gasteiger partial charge on any atom is 0.0426 e. The average molecular weight is 281 g/mol. The molecule has 0 spiro atoms. The normalized spacial score (nSPS) is 18.6. The third-order valence-corrected chi connectivity index (χ3v) is 4.81. The van der Waals surface area contributed by atoms with Crippen molar-refractivity contribution in [3.8, 4) is 0 Å². The van der Waals surface area contributed by atoms with Crippen LogP contribution in [0.2, 0.25) is 5.02 Å². The first-order chi connectivity index (χ1) is 9.08. The van der Waals surface area contributed by atoms with Gasteiger partial charge in [-0.05, 0) is 43.0 Å². The van der Waals surface area contributed by atoms with Gasteiger partial charge in [0.05, 0.1) is 0 Å². The lowest BCUT2D eigenvalue weighted by atomic mass is 9.78. The van der Waals surface area contributed by atoms with Crippen LogP contribution in [0.1, 0.15) is 38.7 Å². The molecule has 1 saturated heterocycles. The van der Waals surface area contributed by atoms with Crippen molar-refractivity contribution in [2.75, 3.05) is 25.0 Å². The Morgan fingerprint density at radius 3 is 2.58 bits per heavy atom. The van der Waals surface area contributed by atoms with E-state index < -0.39 is 0 Å². The summed E-state index contributed by atoms with van der Waals surface area (Å²) in [5.41, 5.74) is 3.17. The smallest absolute Gasteiger partial charge is 0.0426 e. The Morgan fingerprint density at radius 2 is 2.00 bits per heavy atom. The Hall–Kier alpha value is -0.730. The predicted octanol–water partition coefficient (Wildman–Crippen LogP) is 4.08. The maximum atomic E-state index is 6.17. The summed E-state index contributed by atoms with van der Waals surface area (Å²) >= 11 is 6.17. The molecule has 0 atom stereocenters. The number of hydrogen-bond donors (Lipinski definition) is 1. The molecule has 0 saturated carbocycles. The van der Waals surface area contributed by atoms with E-state index in [1.807, 2.05) is 13.1 Å². The van der Waals surface area contributed by atoms with Crippen molar-refractivity contribution in [3.63, 3.8) is 0 Å². The minimum Gasteiger partial charge on any atom is -0.371 e. The van der Waals surface area contributed by atoms with Gasteiger partial charge in [0.25, 0.3) is 0 Å². The second kappa shape index (κ2) is 6.15. The summed E-state index contributed by atoms with van der Waals surface area (Å²) in [6.45, 7) is 7.90. The van der Waals surface area contributed by atoms with Crippen LogP contribution in [0.5, 0.6) is 0 Å². The number of nitrogens with zero attached hydrogens (tertiary/aromatic N) is 1. The van der Waals surface area contributed by atoms with Crippen molar-refractivity contribution in [3.05, 3.63) is 28.8 Å². The van der Waals surface area contributed by atoms with E-state index in [1.165, 1.54) is 30.5 Å². The molecule has 0 amide bonds. The van der Waals surface area contributed by atoms with Crippen molar-refractivity contribution in [2.45, 2.75) is 39.7 Å². The second-order valence-electron chi connectivity index (χ2n) is 5.95. The third-order valence-electron chi connectivity index (χ3n) is 4.58. The number of piperidine rings is 1. The Morgan fingerprint density at radius 1 is 1.32 bits per heavy atom. The van der Waals surface area contributed by atoms with Gasteiger partial charge >= 0.3 is 0 Å². The Balaban J connectivity index is 2.16. The molecule has 0 bridgehead atoms. The molecule has 0 aromatic heterocycles. The molecule has 1 heterocycles. The first-order valence-corrected chi connectivity index (χ1v) is 7.64. The SMILES string of the molecule is CCC1(C)CCN(c2cc(Cl)ccc2CNC)CC1. The zero-order valence-electron chi connectivity index (χ0n) is 12.3. The van der Waals surface area contributed by atoms with Crippen molar-refractivity contribution >= 4 is 17.3 Å². The minimum atomic E-state index is 0.526. The number of halogens is 1. The lowest BCUT2D eigenvalue weighted by Crippen LogP contribution is -2.39. The molecule has 1 fully saturated rings. The van der Waals surface area contributed by atoms with Crippen LogP contribution in [-0.4, -0.2) is 20.1 Å². The van der Waals surface area contributed by atoms with E-state index in [9.17, 15) is 0 Å². The monoisotopic (exact) mass is 280 g/mol. The fourth-order valence-corrected chi connectivity index (χ4v) is 2.98. The largest absolute Gasteiger partial charge is 0.371 e. The fraction of sp³-hybridized carbons (Fsp3) is 0.625. The first-order valence-electron chi connectivity index (χ1n) is 7.26. The first kappa shape index (κ1) is 14.7. The number of hydrogen-bond acceptors (Lipinski definition) is 2. The number of benzene rings is 1. The van der Waals surface area contributed by atoms with Gasteiger partial charge in [-0.3, -0.25) is 0 Å². The molecule has 1 aliphatic heterocycles. The predicted molar refractivity (Wildman–Crippen MR) is 84.1 cm³/mol. The van der Waals surface area contributed by atoms with E-state index in [4.69, 9.17) is 11.6 Å². The molecule has 1 aliphatic rings. The van der Waals surface area contributed by atoms with Crippen LogP contribution < -0.4 is 10.2 Å². The molecule has 2 rings (SSSR count). The van der Waals surface area contributed by atoms with E-state index in [1.54, 1.807) is 0 Å². The zero-order chi connectivity index (χ0) is 13.9. The van der Waals surface area contributed by atoms with E-state index in [-0.39, 0.29) is 0 Å². The van der Waals surface area contributed by atoms with E-state index >= 15 is 0 Å². The van der Waals surface area contributed by atoms with Crippen LogP contribution >= 0.6 is 11.6 Å². The van der Waals surface area contributed by atoms with Crippen LogP contribution in [0.3, 0.4) is 0 Å². The Labute approximate surface area is 122 Å². The van der Waals surface area contributed by atoms with Gasteiger partial charge in [-0.15, -0.1) is 0 Å². The molecule has 1 N–H and O–H groups in total. The van der Waals surface area contributed by atoms with Gasteiger partial charge in [0.1, 0.15) is 0 Å². The lowest BCUT2D eigenvalue weighted by Gasteiger charge is -2.40.